The Morgan fingerprint density at radius 2 is 2.29 bits per heavy atom. The first-order valence-electron chi connectivity index (χ1n) is 4.89. The second-order valence-corrected chi connectivity index (χ2v) is 5.15. The first kappa shape index (κ1) is 12.7. The SMILES string of the molecule is CNc1nc(-c2nccs2)nc(COC)c1I. The largest absolute Gasteiger partial charge is 0.378 e. The second-order valence-electron chi connectivity index (χ2n) is 3.18. The Kier molecular flexibility index (Phi) is 4.24. The van der Waals surface area contributed by atoms with E-state index < -0.39 is 0 Å². The van der Waals surface area contributed by atoms with Gasteiger partial charge in [0.05, 0.1) is 15.9 Å². The van der Waals surface area contributed by atoms with E-state index in [0.717, 1.165) is 20.1 Å². The third kappa shape index (κ3) is 2.72. The van der Waals surface area contributed by atoms with Crippen LogP contribution in [0.4, 0.5) is 5.82 Å². The molecule has 0 aliphatic heterocycles. The first-order valence-corrected chi connectivity index (χ1v) is 6.85. The number of nitrogens with one attached hydrogen (secondary N) is 1. The molecule has 90 valence electrons. The van der Waals surface area contributed by atoms with Crippen LogP contribution in [0.2, 0.25) is 0 Å². The molecule has 0 aliphatic carbocycles. The van der Waals surface area contributed by atoms with Gasteiger partial charge in [0, 0.05) is 25.7 Å². The topological polar surface area (TPSA) is 59.9 Å². The Morgan fingerprint density at radius 1 is 1.47 bits per heavy atom. The van der Waals surface area contributed by atoms with E-state index in [1.165, 1.54) is 11.3 Å². The fourth-order valence-electron chi connectivity index (χ4n) is 1.32. The van der Waals surface area contributed by atoms with Gasteiger partial charge in [0.25, 0.3) is 0 Å². The molecule has 1 N–H and O–H groups in total. The molecule has 5 nitrogen and oxygen atoms in total. The van der Waals surface area contributed by atoms with E-state index in [4.69, 9.17) is 4.74 Å². The van der Waals surface area contributed by atoms with Gasteiger partial charge in [-0.05, 0) is 22.6 Å². The van der Waals surface area contributed by atoms with Crippen molar-refractivity contribution in [3.8, 4) is 10.8 Å². The Hall–Kier alpha value is -0.800. The van der Waals surface area contributed by atoms with E-state index in [-0.39, 0.29) is 0 Å². The van der Waals surface area contributed by atoms with Crippen molar-refractivity contribution in [3.05, 3.63) is 20.8 Å². The van der Waals surface area contributed by atoms with E-state index in [9.17, 15) is 0 Å². The lowest BCUT2D eigenvalue weighted by Crippen LogP contribution is -2.06. The lowest BCUT2D eigenvalue weighted by Gasteiger charge is -2.09. The highest BCUT2D eigenvalue weighted by Gasteiger charge is 2.13. The second kappa shape index (κ2) is 5.69. The molecule has 0 unspecified atom stereocenters. The molecule has 0 saturated carbocycles. The van der Waals surface area contributed by atoms with Gasteiger partial charge in [-0.3, -0.25) is 0 Å². The Labute approximate surface area is 117 Å². The molecule has 17 heavy (non-hydrogen) atoms. The summed E-state index contributed by atoms with van der Waals surface area (Å²) in [4.78, 5) is 13.1. The Bertz CT molecular complexity index is 503. The number of hydrogen-bond acceptors (Lipinski definition) is 6. The molecule has 2 aromatic heterocycles. The molecule has 2 rings (SSSR count). The van der Waals surface area contributed by atoms with Crippen LogP contribution in [0.3, 0.4) is 0 Å². The Balaban J connectivity index is 2.50. The maximum atomic E-state index is 5.14. The molecule has 0 amide bonds. The van der Waals surface area contributed by atoms with Crippen molar-refractivity contribution < 1.29 is 4.74 Å². The number of methoxy groups -OCH3 is 1. The number of halogens is 1. The van der Waals surface area contributed by atoms with Gasteiger partial charge in [0.15, 0.2) is 10.8 Å². The summed E-state index contributed by atoms with van der Waals surface area (Å²) in [6.07, 6.45) is 1.75. The normalized spacial score (nSPS) is 10.5. The minimum Gasteiger partial charge on any atom is -0.378 e. The summed E-state index contributed by atoms with van der Waals surface area (Å²) in [5, 5.41) is 5.78. The number of nitrogens with zero attached hydrogens (tertiary/aromatic N) is 3. The van der Waals surface area contributed by atoms with Crippen molar-refractivity contribution >= 4 is 39.7 Å². The van der Waals surface area contributed by atoms with E-state index in [0.29, 0.717) is 12.4 Å². The summed E-state index contributed by atoms with van der Waals surface area (Å²) >= 11 is 3.74. The molecule has 2 heterocycles. The van der Waals surface area contributed by atoms with Crippen LogP contribution in [0.25, 0.3) is 10.8 Å². The fourth-order valence-corrected chi connectivity index (χ4v) is 2.56. The minimum absolute atomic E-state index is 0.466. The minimum atomic E-state index is 0.466. The van der Waals surface area contributed by atoms with Gasteiger partial charge >= 0.3 is 0 Å². The molecular formula is C10H11IN4OS. The van der Waals surface area contributed by atoms with Crippen molar-refractivity contribution in [2.24, 2.45) is 0 Å². The van der Waals surface area contributed by atoms with Crippen molar-refractivity contribution in [3.63, 3.8) is 0 Å². The average Bonchev–Trinajstić information content (AvgIpc) is 2.85. The van der Waals surface area contributed by atoms with E-state index in [2.05, 4.69) is 42.9 Å². The number of anilines is 1. The number of rotatable bonds is 4. The van der Waals surface area contributed by atoms with E-state index in [1.54, 1.807) is 13.3 Å². The van der Waals surface area contributed by atoms with Crippen LogP contribution in [0.5, 0.6) is 0 Å². The zero-order valence-corrected chi connectivity index (χ0v) is 12.4. The lowest BCUT2D eigenvalue weighted by atomic mass is 10.4. The highest BCUT2D eigenvalue weighted by molar-refractivity contribution is 14.1. The highest BCUT2D eigenvalue weighted by atomic mass is 127. The van der Waals surface area contributed by atoms with E-state index >= 15 is 0 Å². The summed E-state index contributed by atoms with van der Waals surface area (Å²) in [6.45, 7) is 0.466. The zero-order chi connectivity index (χ0) is 12.3. The van der Waals surface area contributed by atoms with Crippen LogP contribution < -0.4 is 5.32 Å². The number of thiazole rings is 1. The van der Waals surface area contributed by atoms with Gasteiger partial charge < -0.3 is 10.1 Å². The van der Waals surface area contributed by atoms with Crippen LogP contribution in [0.15, 0.2) is 11.6 Å². The van der Waals surface area contributed by atoms with Crippen LogP contribution in [0, 0.1) is 3.57 Å². The molecule has 2 aromatic rings. The van der Waals surface area contributed by atoms with Crippen molar-refractivity contribution in [2.45, 2.75) is 6.61 Å². The monoisotopic (exact) mass is 362 g/mol. The van der Waals surface area contributed by atoms with Gasteiger partial charge in [-0.2, -0.15) is 0 Å². The van der Waals surface area contributed by atoms with Crippen molar-refractivity contribution in [2.75, 3.05) is 19.5 Å². The van der Waals surface area contributed by atoms with Crippen LogP contribution in [-0.4, -0.2) is 29.1 Å². The standard InChI is InChI=1S/C10H11IN4OS/c1-12-8-7(11)6(5-16-2)14-9(15-8)10-13-3-4-17-10/h3-4H,5H2,1-2H3,(H,12,14,15). The smallest absolute Gasteiger partial charge is 0.191 e. The van der Waals surface area contributed by atoms with Crippen LogP contribution >= 0.6 is 33.9 Å². The van der Waals surface area contributed by atoms with Crippen molar-refractivity contribution in [1.82, 2.24) is 15.0 Å². The molecule has 0 bridgehead atoms. The van der Waals surface area contributed by atoms with Gasteiger partial charge in [0.1, 0.15) is 5.82 Å². The van der Waals surface area contributed by atoms with Gasteiger partial charge in [0.2, 0.25) is 0 Å². The summed E-state index contributed by atoms with van der Waals surface area (Å²) in [6, 6.07) is 0. The van der Waals surface area contributed by atoms with Crippen molar-refractivity contribution in [1.29, 1.82) is 0 Å². The van der Waals surface area contributed by atoms with E-state index in [1.807, 2.05) is 12.4 Å². The molecular weight excluding hydrogens is 351 g/mol. The third-order valence-electron chi connectivity index (χ3n) is 2.06. The predicted octanol–water partition coefficient (Wildman–Crippen LogP) is 2.39. The summed E-state index contributed by atoms with van der Waals surface area (Å²) < 4.78 is 6.12. The molecule has 0 saturated heterocycles. The zero-order valence-electron chi connectivity index (χ0n) is 9.40. The summed E-state index contributed by atoms with van der Waals surface area (Å²) in [5.74, 6) is 1.44. The van der Waals surface area contributed by atoms with Gasteiger partial charge in [-0.15, -0.1) is 11.3 Å². The number of aromatic nitrogens is 3. The maximum Gasteiger partial charge on any atom is 0.191 e. The molecule has 0 radical (unpaired) electrons. The van der Waals surface area contributed by atoms with Gasteiger partial charge in [-0.1, -0.05) is 0 Å². The third-order valence-corrected chi connectivity index (χ3v) is 3.96. The molecule has 0 aliphatic rings. The van der Waals surface area contributed by atoms with Crippen LogP contribution in [0.1, 0.15) is 5.69 Å². The number of hydrogen-bond donors (Lipinski definition) is 1. The highest BCUT2D eigenvalue weighted by Crippen LogP contribution is 2.25. The molecule has 0 spiro atoms. The van der Waals surface area contributed by atoms with Crippen LogP contribution in [-0.2, 0) is 11.3 Å². The number of ether oxygens (including phenoxy) is 1. The first-order chi connectivity index (χ1) is 8.26. The molecule has 7 heteroatoms. The average molecular weight is 362 g/mol. The van der Waals surface area contributed by atoms with Gasteiger partial charge in [-0.25, -0.2) is 15.0 Å². The quantitative estimate of drug-likeness (QED) is 0.847. The lowest BCUT2D eigenvalue weighted by molar-refractivity contribution is 0.181. The molecule has 0 aromatic carbocycles. The predicted molar refractivity (Wildman–Crippen MR) is 76.1 cm³/mol. The molecule has 0 atom stereocenters. The Morgan fingerprint density at radius 3 is 2.88 bits per heavy atom. The summed E-state index contributed by atoms with van der Waals surface area (Å²) in [5.41, 5.74) is 0.873. The maximum absolute atomic E-state index is 5.14. The summed E-state index contributed by atoms with van der Waals surface area (Å²) in [7, 11) is 3.49. The molecule has 0 fully saturated rings. The fraction of sp³-hybridized carbons (Fsp3) is 0.300.